The van der Waals surface area contributed by atoms with Crippen LogP contribution >= 0.6 is 0 Å². The first-order chi connectivity index (χ1) is 13.4. The molecule has 1 aliphatic heterocycles. The smallest absolute Gasteiger partial charge is 0.416 e. The van der Waals surface area contributed by atoms with Crippen molar-refractivity contribution >= 4 is 29.5 Å². The molecule has 2 N–H and O–H groups in total. The summed E-state index contributed by atoms with van der Waals surface area (Å²) >= 11 is 0. The maximum Gasteiger partial charge on any atom is 0.416 e. The molecule has 2 atom stereocenters. The second-order valence-corrected chi connectivity index (χ2v) is 6.70. The minimum absolute atomic E-state index is 0.0821. The van der Waals surface area contributed by atoms with E-state index in [1.54, 1.807) is 6.92 Å². The van der Waals surface area contributed by atoms with Crippen LogP contribution < -0.4 is 10.6 Å². The molecular formula is C18H20F3N3O5. The number of hydrogen-bond donors (Lipinski definition) is 2. The molecule has 0 unspecified atom stereocenters. The van der Waals surface area contributed by atoms with Crippen molar-refractivity contribution in [3.05, 3.63) is 29.8 Å². The Morgan fingerprint density at radius 1 is 1.24 bits per heavy atom. The van der Waals surface area contributed by atoms with E-state index in [9.17, 15) is 32.3 Å². The van der Waals surface area contributed by atoms with E-state index in [2.05, 4.69) is 10.6 Å². The van der Waals surface area contributed by atoms with Crippen molar-refractivity contribution in [2.75, 3.05) is 11.9 Å². The number of carbonyl (C=O) groups excluding carboxylic acids is 4. The summed E-state index contributed by atoms with van der Waals surface area (Å²) in [5.41, 5.74) is -1.90. The maximum absolute atomic E-state index is 12.5. The molecule has 2 rings (SSSR count). The number of amides is 4. The van der Waals surface area contributed by atoms with Gasteiger partial charge in [-0.25, -0.2) is 4.79 Å². The number of esters is 1. The zero-order valence-electron chi connectivity index (χ0n) is 15.9. The van der Waals surface area contributed by atoms with Gasteiger partial charge in [0.25, 0.3) is 11.8 Å². The lowest BCUT2D eigenvalue weighted by Gasteiger charge is -2.19. The zero-order valence-corrected chi connectivity index (χ0v) is 15.9. The predicted molar refractivity (Wildman–Crippen MR) is 94.6 cm³/mol. The molecule has 1 aromatic rings. The van der Waals surface area contributed by atoms with Gasteiger partial charge in [0.1, 0.15) is 12.1 Å². The zero-order chi connectivity index (χ0) is 22.0. The van der Waals surface area contributed by atoms with Gasteiger partial charge in [-0.2, -0.15) is 13.2 Å². The molecule has 0 aromatic heterocycles. The highest BCUT2D eigenvalue weighted by Gasteiger charge is 2.47. The second kappa shape index (κ2) is 8.10. The number of carbonyl (C=O) groups is 4. The van der Waals surface area contributed by atoms with Gasteiger partial charge in [-0.1, -0.05) is 6.92 Å². The highest BCUT2D eigenvalue weighted by molar-refractivity contribution is 6.08. The molecule has 0 bridgehead atoms. The average molecular weight is 415 g/mol. The first kappa shape index (κ1) is 22.2. The van der Waals surface area contributed by atoms with Crippen LogP contribution in [0, 0.1) is 0 Å². The molecule has 8 nitrogen and oxygen atoms in total. The summed E-state index contributed by atoms with van der Waals surface area (Å²) in [5, 5.41) is 4.80. The number of hydrogen-bond acceptors (Lipinski definition) is 5. The van der Waals surface area contributed by atoms with Gasteiger partial charge in [0.15, 0.2) is 6.10 Å². The number of ether oxygens (including phenoxy) is 1. The van der Waals surface area contributed by atoms with Crippen LogP contribution in [0.15, 0.2) is 24.3 Å². The van der Waals surface area contributed by atoms with Gasteiger partial charge in [-0.15, -0.1) is 0 Å². The first-order valence-electron chi connectivity index (χ1n) is 8.69. The fourth-order valence-electron chi connectivity index (χ4n) is 2.53. The number of alkyl halides is 3. The molecule has 1 aliphatic rings. The summed E-state index contributed by atoms with van der Waals surface area (Å²) in [7, 11) is 0. The Bertz CT molecular complexity index is 825. The molecule has 1 aromatic carbocycles. The van der Waals surface area contributed by atoms with Crippen molar-refractivity contribution in [2.45, 2.75) is 45.0 Å². The third-order valence-electron chi connectivity index (χ3n) is 4.50. The van der Waals surface area contributed by atoms with Crippen molar-refractivity contribution in [2.24, 2.45) is 0 Å². The Morgan fingerprint density at radius 2 is 1.83 bits per heavy atom. The highest BCUT2D eigenvalue weighted by Crippen LogP contribution is 2.29. The van der Waals surface area contributed by atoms with Crippen molar-refractivity contribution < 1.29 is 37.1 Å². The van der Waals surface area contributed by atoms with Gasteiger partial charge in [-0.05, 0) is 44.5 Å². The molecule has 1 fully saturated rings. The number of benzene rings is 1. The van der Waals surface area contributed by atoms with E-state index < -0.39 is 53.7 Å². The second-order valence-electron chi connectivity index (χ2n) is 6.70. The minimum atomic E-state index is -4.50. The summed E-state index contributed by atoms with van der Waals surface area (Å²) < 4.78 is 42.6. The lowest BCUT2D eigenvalue weighted by atomic mass is 9.99. The molecule has 0 radical (unpaired) electrons. The first-order valence-corrected chi connectivity index (χ1v) is 8.69. The Hall–Kier alpha value is -3.11. The van der Waals surface area contributed by atoms with Crippen LogP contribution in [0.3, 0.4) is 0 Å². The molecule has 4 amide bonds. The van der Waals surface area contributed by atoms with Crippen LogP contribution in [0.4, 0.5) is 23.7 Å². The lowest BCUT2D eigenvalue weighted by molar-refractivity contribution is -0.155. The molecule has 11 heteroatoms. The van der Waals surface area contributed by atoms with Gasteiger partial charge in [0.05, 0.1) is 5.56 Å². The van der Waals surface area contributed by atoms with E-state index in [0.717, 1.165) is 24.3 Å². The summed E-state index contributed by atoms with van der Waals surface area (Å²) in [5.74, 6) is -2.35. The number of nitrogens with zero attached hydrogens (tertiary/aromatic N) is 1. The summed E-state index contributed by atoms with van der Waals surface area (Å²) in [6, 6.07) is 2.99. The van der Waals surface area contributed by atoms with Gasteiger partial charge in [0, 0.05) is 5.69 Å². The summed E-state index contributed by atoms with van der Waals surface area (Å²) in [4.78, 5) is 48.9. The molecule has 0 aliphatic carbocycles. The van der Waals surface area contributed by atoms with Crippen LogP contribution in [0.2, 0.25) is 0 Å². The Morgan fingerprint density at radius 3 is 2.31 bits per heavy atom. The molecule has 0 saturated carbocycles. The topological polar surface area (TPSA) is 105 Å². The Balaban J connectivity index is 1.91. The van der Waals surface area contributed by atoms with Crippen LogP contribution in [-0.4, -0.2) is 46.9 Å². The van der Waals surface area contributed by atoms with Gasteiger partial charge in [-0.3, -0.25) is 19.3 Å². The van der Waals surface area contributed by atoms with Crippen LogP contribution in [0.1, 0.15) is 32.8 Å². The average Bonchev–Trinajstić information content (AvgIpc) is 2.85. The van der Waals surface area contributed by atoms with Crippen LogP contribution in [-0.2, 0) is 25.3 Å². The van der Waals surface area contributed by atoms with E-state index in [-0.39, 0.29) is 5.69 Å². The molecule has 1 heterocycles. The van der Waals surface area contributed by atoms with E-state index in [1.165, 1.54) is 13.8 Å². The Labute approximate surface area is 164 Å². The summed E-state index contributed by atoms with van der Waals surface area (Å²) in [6.07, 6.45) is -5.48. The quantitative estimate of drug-likeness (QED) is 0.548. The third kappa shape index (κ3) is 5.04. The van der Waals surface area contributed by atoms with E-state index >= 15 is 0 Å². The molecule has 29 heavy (non-hydrogen) atoms. The summed E-state index contributed by atoms with van der Waals surface area (Å²) in [6.45, 7) is 3.81. The number of halogens is 3. The fourth-order valence-corrected chi connectivity index (χ4v) is 2.53. The highest BCUT2D eigenvalue weighted by atomic mass is 19.4. The number of anilines is 1. The van der Waals surface area contributed by atoms with Gasteiger partial charge >= 0.3 is 18.2 Å². The van der Waals surface area contributed by atoms with Crippen LogP contribution in [0.5, 0.6) is 0 Å². The number of nitrogens with one attached hydrogen (secondary N) is 2. The normalized spacial score (nSPS) is 20.3. The fraction of sp³-hybridized carbons (Fsp3) is 0.444. The van der Waals surface area contributed by atoms with E-state index in [0.29, 0.717) is 11.3 Å². The molecule has 0 spiro atoms. The van der Waals surface area contributed by atoms with Crippen molar-refractivity contribution in [1.29, 1.82) is 0 Å². The lowest BCUT2D eigenvalue weighted by Crippen LogP contribution is -2.44. The Kier molecular flexibility index (Phi) is 6.19. The predicted octanol–water partition coefficient (Wildman–Crippen LogP) is 2.30. The van der Waals surface area contributed by atoms with Crippen molar-refractivity contribution in [1.82, 2.24) is 10.2 Å². The van der Waals surface area contributed by atoms with Gasteiger partial charge in [0.2, 0.25) is 0 Å². The van der Waals surface area contributed by atoms with Crippen LogP contribution in [0.25, 0.3) is 0 Å². The largest absolute Gasteiger partial charge is 0.451 e. The SMILES string of the molecule is CC[C@]1(C)NC(=O)N(CC(=O)O[C@H](C)C(=O)Nc2ccc(C(F)(F)F)cc2)C1=O. The molecule has 158 valence electrons. The number of rotatable bonds is 6. The monoisotopic (exact) mass is 415 g/mol. The van der Waals surface area contributed by atoms with Crippen molar-refractivity contribution in [3.63, 3.8) is 0 Å². The number of imide groups is 1. The number of urea groups is 1. The minimum Gasteiger partial charge on any atom is -0.451 e. The van der Waals surface area contributed by atoms with Crippen molar-refractivity contribution in [3.8, 4) is 0 Å². The molecular weight excluding hydrogens is 395 g/mol. The maximum atomic E-state index is 12.5. The third-order valence-corrected chi connectivity index (χ3v) is 4.50. The van der Waals surface area contributed by atoms with E-state index in [1.807, 2.05) is 0 Å². The van der Waals surface area contributed by atoms with Gasteiger partial charge < -0.3 is 15.4 Å². The van der Waals surface area contributed by atoms with E-state index in [4.69, 9.17) is 4.74 Å². The molecule has 1 saturated heterocycles. The standard InChI is InChI=1S/C18H20F3N3O5/c1-4-17(3)15(27)24(16(28)23-17)9-13(25)29-10(2)14(26)22-12-7-5-11(6-8-12)18(19,20)21/h5-8,10H,4,9H2,1-3H3,(H,22,26)(H,23,28)/t10-,17+/m1/s1.